The molecule has 1 aromatic heterocycles. The average molecular weight is 331 g/mol. The van der Waals surface area contributed by atoms with Crippen molar-refractivity contribution in [3.8, 4) is 0 Å². The van der Waals surface area contributed by atoms with Gasteiger partial charge >= 0.3 is 11.8 Å². The van der Waals surface area contributed by atoms with Crippen molar-refractivity contribution < 1.29 is 14.7 Å². The van der Waals surface area contributed by atoms with E-state index in [1.165, 1.54) is 0 Å². The lowest BCUT2D eigenvalue weighted by Gasteiger charge is -2.21. The molecule has 1 heterocycles. The van der Waals surface area contributed by atoms with Crippen molar-refractivity contribution in [2.75, 3.05) is 11.9 Å². The fourth-order valence-electron chi connectivity index (χ4n) is 2.67. The van der Waals surface area contributed by atoms with Crippen molar-refractivity contribution in [1.82, 2.24) is 9.88 Å². The van der Waals surface area contributed by atoms with Gasteiger partial charge in [-0.05, 0) is 42.8 Å². The first-order valence-corrected chi connectivity index (χ1v) is 8.27. The van der Waals surface area contributed by atoms with E-state index in [1.807, 2.05) is 45.2 Å². The van der Waals surface area contributed by atoms with Gasteiger partial charge in [-0.2, -0.15) is 0 Å². The largest absolute Gasteiger partial charge is 0.396 e. The highest BCUT2D eigenvalue weighted by molar-refractivity contribution is 6.39. The van der Waals surface area contributed by atoms with Crippen LogP contribution in [0.1, 0.15) is 27.2 Å². The van der Waals surface area contributed by atoms with Gasteiger partial charge in [0.15, 0.2) is 0 Å². The van der Waals surface area contributed by atoms with Gasteiger partial charge < -0.3 is 20.3 Å². The SMILES string of the molecule is CCn1ccc2ccc(NC(=O)C(=O)NC(CCO)C(C)C)cc21. The normalized spacial score (nSPS) is 12.4. The summed E-state index contributed by atoms with van der Waals surface area (Å²) in [5.41, 5.74) is 1.59. The number of amides is 2. The van der Waals surface area contributed by atoms with Gasteiger partial charge in [-0.25, -0.2) is 0 Å². The Labute approximate surface area is 141 Å². The molecule has 3 N–H and O–H groups in total. The molecule has 1 unspecified atom stereocenters. The monoisotopic (exact) mass is 331 g/mol. The number of aliphatic hydroxyl groups is 1. The molecule has 6 heteroatoms. The number of aromatic nitrogens is 1. The summed E-state index contributed by atoms with van der Waals surface area (Å²) in [6.07, 6.45) is 2.41. The molecular formula is C18H25N3O3. The molecule has 0 aliphatic rings. The number of aryl methyl sites for hydroxylation is 1. The van der Waals surface area contributed by atoms with Crippen LogP contribution in [0.5, 0.6) is 0 Å². The van der Waals surface area contributed by atoms with Gasteiger partial charge in [0, 0.05) is 31.1 Å². The summed E-state index contributed by atoms with van der Waals surface area (Å²) in [5, 5.41) is 15.4. The van der Waals surface area contributed by atoms with Gasteiger partial charge in [-0.1, -0.05) is 19.9 Å². The Kier molecular flexibility index (Phi) is 5.98. The van der Waals surface area contributed by atoms with Crippen LogP contribution in [0.4, 0.5) is 5.69 Å². The number of benzene rings is 1. The number of nitrogens with zero attached hydrogens (tertiary/aromatic N) is 1. The lowest BCUT2D eigenvalue weighted by molar-refractivity contribution is -0.136. The van der Waals surface area contributed by atoms with Gasteiger partial charge in [0.1, 0.15) is 0 Å². The summed E-state index contributed by atoms with van der Waals surface area (Å²) >= 11 is 0. The van der Waals surface area contributed by atoms with Crippen molar-refractivity contribution in [2.45, 2.75) is 39.8 Å². The summed E-state index contributed by atoms with van der Waals surface area (Å²) in [5.74, 6) is -1.25. The van der Waals surface area contributed by atoms with E-state index in [4.69, 9.17) is 5.11 Å². The predicted molar refractivity (Wildman–Crippen MR) is 94.7 cm³/mol. The summed E-state index contributed by atoms with van der Waals surface area (Å²) in [6, 6.07) is 7.34. The minimum absolute atomic E-state index is 0.0323. The Morgan fingerprint density at radius 1 is 1.21 bits per heavy atom. The zero-order chi connectivity index (χ0) is 17.7. The highest BCUT2D eigenvalue weighted by Gasteiger charge is 2.20. The van der Waals surface area contributed by atoms with Gasteiger partial charge in [-0.15, -0.1) is 0 Å². The molecule has 1 atom stereocenters. The fraction of sp³-hybridized carbons (Fsp3) is 0.444. The molecule has 130 valence electrons. The van der Waals surface area contributed by atoms with E-state index in [9.17, 15) is 9.59 Å². The molecule has 6 nitrogen and oxygen atoms in total. The number of carbonyl (C=O) groups excluding carboxylic acids is 2. The Hall–Kier alpha value is -2.34. The molecule has 2 aromatic rings. The highest BCUT2D eigenvalue weighted by atomic mass is 16.3. The number of anilines is 1. The van der Waals surface area contributed by atoms with Crippen LogP contribution in [0, 0.1) is 5.92 Å². The van der Waals surface area contributed by atoms with Crippen molar-refractivity contribution in [3.05, 3.63) is 30.5 Å². The Morgan fingerprint density at radius 3 is 2.58 bits per heavy atom. The molecule has 0 spiro atoms. The number of aliphatic hydroxyl groups excluding tert-OH is 1. The lowest BCUT2D eigenvalue weighted by Crippen LogP contribution is -2.44. The van der Waals surface area contributed by atoms with E-state index in [0.717, 1.165) is 17.4 Å². The van der Waals surface area contributed by atoms with E-state index in [2.05, 4.69) is 15.2 Å². The van der Waals surface area contributed by atoms with Crippen LogP contribution in [0.15, 0.2) is 30.5 Å². The average Bonchev–Trinajstić information content (AvgIpc) is 2.96. The first kappa shape index (κ1) is 18.0. The summed E-state index contributed by atoms with van der Waals surface area (Å²) in [7, 11) is 0. The number of hydrogen-bond acceptors (Lipinski definition) is 3. The molecule has 0 fully saturated rings. The Bertz CT molecular complexity index is 721. The zero-order valence-electron chi connectivity index (χ0n) is 14.4. The fourth-order valence-corrected chi connectivity index (χ4v) is 2.67. The van der Waals surface area contributed by atoms with E-state index in [0.29, 0.717) is 12.1 Å². The predicted octanol–water partition coefficient (Wildman–Crippen LogP) is 2.12. The van der Waals surface area contributed by atoms with Crippen LogP contribution in [-0.4, -0.2) is 34.1 Å². The van der Waals surface area contributed by atoms with Crippen LogP contribution in [0.2, 0.25) is 0 Å². The first-order chi connectivity index (χ1) is 11.5. The zero-order valence-corrected chi connectivity index (χ0v) is 14.4. The van der Waals surface area contributed by atoms with E-state index in [-0.39, 0.29) is 18.6 Å². The van der Waals surface area contributed by atoms with Crippen molar-refractivity contribution in [2.24, 2.45) is 5.92 Å². The molecule has 0 aliphatic heterocycles. The molecule has 2 amide bonds. The summed E-state index contributed by atoms with van der Waals surface area (Å²) < 4.78 is 2.07. The minimum atomic E-state index is -0.701. The van der Waals surface area contributed by atoms with E-state index in [1.54, 1.807) is 6.07 Å². The van der Waals surface area contributed by atoms with Crippen LogP contribution >= 0.6 is 0 Å². The second-order valence-electron chi connectivity index (χ2n) is 6.17. The van der Waals surface area contributed by atoms with Crippen molar-refractivity contribution in [1.29, 1.82) is 0 Å². The molecule has 0 radical (unpaired) electrons. The molecule has 2 rings (SSSR count). The number of fused-ring (bicyclic) bond motifs is 1. The Balaban J connectivity index is 2.06. The summed E-state index contributed by atoms with van der Waals surface area (Å²) in [6.45, 7) is 6.72. The second-order valence-corrected chi connectivity index (χ2v) is 6.17. The smallest absolute Gasteiger partial charge is 0.313 e. The van der Waals surface area contributed by atoms with Gasteiger partial charge in [-0.3, -0.25) is 9.59 Å². The van der Waals surface area contributed by atoms with Crippen LogP contribution in [0.25, 0.3) is 10.9 Å². The Morgan fingerprint density at radius 2 is 1.96 bits per heavy atom. The second kappa shape index (κ2) is 7.97. The van der Waals surface area contributed by atoms with Crippen molar-refractivity contribution in [3.63, 3.8) is 0 Å². The van der Waals surface area contributed by atoms with Gasteiger partial charge in [0.2, 0.25) is 0 Å². The van der Waals surface area contributed by atoms with E-state index >= 15 is 0 Å². The minimum Gasteiger partial charge on any atom is -0.396 e. The maximum atomic E-state index is 12.1. The van der Waals surface area contributed by atoms with Crippen LogP contribution < -0.4 is 10.6 Å². The van der Waals surface area contributed by atoms with Crippen molar-refractivity contribution >= 4 is 28.4 Å². The quantitative estimate of drug-likeness (QED) is 0.709. The van der Waals surface area contributed by atoms with Crippen LogP contribution in [0.3, 0.4) is 0 Å². The number of carbonyl (C=O) groups is 2. The number of rotatable bonds is 6. The standard InChI is InChI=1S/C18H25N3O3/c1-4-21-9-7-13-5-6-14(11-16(13)21)19-17(23)18(24)20-15(8-10-22)12(2)3/h5-7,9,11-12,15,22H,4,8,10H2,1-3H3,(H,19,23)(H,20,24). The maximum Gasteiger partial charge on any atom is 0.313 e. The molecule has 0 bridgehead atoms. The lowest BCUT2D eigenvalue weighted by atomic mass is 10.0. The van der Waals surface area contributed by atoms with E-state index < -0.39 is 11.8 Å². The first-order valence-electron chi connectivity index (χ1n) is 8.27. The molecule has 0 saturated heterocycles. The summed E-state index contributed by atoms with van der Waals surface area (Å²) in [4.78, 5) is 24.2. The molecular weight excluding hydrogens is 306 g/mol. The van der Waals surface area contributed by atoms with Gasteiger partial charge in [0.25, 0.3) is 0 Å². The van der Waals surface area contributed by atoms with Gasteiger partial charge in [0.05, 0.1) is 5.52 Å². The number of nitrogens with one attached hydrogen (secondary N) is 2. The maximum absolute atomic E-state index is 12.1. The molecule has 1 aromatic carbocycles. The van der Waals surface area contributed by atoms with Crippen LogP contribution in [-0.2, 0) is 16.1 Å². The molecule has 0 aliphatic carbocycles. The molecule has 24 heavy (non-hydrogen) atoms. The highest BCUT2D eigenvalue weighted by Crippen LogP contribution is 2.20. The topological polar surface area (TPSA) is 83.4 Å². The third-order valence-electron chi connectivity index (χ3n) is 4.14. The third-order valence-corrected chi connectivity index (χ3v) is 4.14. The third kappa shape index (κ3) is 4.14. The number of hydrogen-bond donors (Lipinski definition) is 3. The molecule has 0 saturated carbocycles.